The fourth-order valence-electron chi connectivity index (χ4n) is 4.03. The maximum absolute atomic E-state index is 12.1. The molecule has 160 valence electrons. The minimum atomic E-state index is -0.146. The van der Waals surface area contributed by atoms with E-state index in [1.54, 1.807) is 17.5 Å². The van der Waals surface area contributed by atoms with Gasteiger partial charge in [-0.25, -0.2) is 0 Å². The highest BCUT2D eigenvalue weighted by molar-refractivity contribution is 7.15. The summed E-state index contributed by atoms with van der Waals surface area (Å²) in [7, 11) is 0. The minimum Gasteiger partial charge on any atom is -0.357 e. The van der Waals surface area contributed by atoms with E-state index in [-0.39, 0.29) is 12.3 Å². The summed E-state index contributed by atoms with van der Waals surface area (Å²) in [6.07, 6.45) is 8.72. The van der Waals surface area contributed by atoms with Crippen LogP contribution in [0.15, 0.2) is 36.5 Å². The molecule has 0 aromatic carbocycles. The fourth-order valence-corrected chi connectivity index (χ4v) is 5.00. The van der Waals surface area contributed by atoms with E-state index in [1.165, 1.54) is 19.3 Å². The van der Waals surface area contributed by atoms with Gasteiger partial charge in [-0.05, 0) is 68.7 Å². The molecule has 0 aliphatic heterocycles. The molecule has 3 aromatic heterocycles. The predicted molar refractivity (Wildman–Crippen MR) is 119 cm³/mol. The van der Waals surface area contributed by atoms with Crippen LogP contribution in [0.1, 0.15) is 54.4 Å². The Morgan fingerprint density at radius 2 is 1.94 bits per heavy atom. The second-order valence-corrected chi connectivity index (χ2v) is 9.41. The Bertz CT molecular complexity index is 1020. The van der Waals surface area contributed by atoms with E-state index >= 15 is 0 Å². The molecule has 5 rings (SSSR count). The molecule has 2 atom stereocenters. The monoisotopic (exact) mass is 435 g/mol. The number of anilines is 2. The smallest absolute Gasteiger partial charge is 0.231 e. The van der Waals surface area contributed by atoms with Crippen LogP contribution >= 0.6 is 11.3 Å². The molecule has 8 nitrogen and oxygen atoms in total. The third-order valence-electron chi connectivity index (χ3n) is 5.79. The van der Waals surface area contributed by atoms with Crippen LogP contribution in [0.4, 0.5) is 10.9 Å². The number of carbonyl (C=O) groups excluding carboxylic acids is 1. The Labute approximate surface area is 184 Å². The van der Waals surface area contributed by atoms with E-state index in [1.807, 2.05) is 30.3 Å². The van der Waals surface area contributed by atoms with Crippen LogP contribution in [0.5, 0.6) is 0 Å². The Morgan fingerprint density at radius 1 is 1.00 bits per heavy atom. The van der Waals surface area contributed by atoms with Gasteiger partial charge in [0.25, 0.3) is 0 Å². The highest BCUT2D eigenvalue weighted by Crippen LogP contribution is 2.41. The summed E-state index contributed by atoms with van der Waals surface area (Å²) in [5.41, 5.74) is 1.69. The lowest BCUT2D eigenvalue weighted by atomic mass is 10.00. The molecule has 2 saturated carbocycles. The normalized spacial score (nSPS) is 20.5. The second kappa shape index (κ2) is 9.05. The quantitative estimate of drug-likeness (QED) is 0.557. The van der Waals surface area contributed by atoms with Crippen LogP contribution in [-0.2, 0) is 17.6 Å². The lowest BCUT2D eigenvalue weighted by Crippen LogP contribution is -2.16. The summed E-state index contributed by atoms with van der Waals surface area (Å²) in [6.45, 7) is 0. The highest BCUT2D eigenvalue weighted by Gasteiger charge is 2.30. The van der Waals surface area contributed by atoms with Crippen molar-refractivity contribution in [1.82, 2.24) is 25.4 Å². The minimum absolute atomic E-state index is 0.146. The van der Waals surface area contributed by atoms with Crippen LogP contribution in [-0.4, -0.2) is 37.3 Å². The number of aromatic nitrogens is 5. The number of hydrogen-bond acceptors (Lipinski definition) is 8. The van der Waals surface area contributed by atoms with Gasteiger partial charge in [-0.3, -0.25) is 9.78 Å². The van der Waals surface area contributed by atoms with Gasteiger partial charge in [-0.15, -0.1) is 15.3 Å². The summed E-state index contributed by atoms with van der Waals surface area (Å²) in [5.74, 6) is 1.40. The lowest BCUT2D eigenvalue weighted by Gasteiger charge is -2.09. The van der Waals surface area contributed by atoms with Gasteiger partial charge in [0.05, 0.1) is 12.1 Å². The van der Waals surface area contributed by atoms with E-state index < -0.39 is 0 Å². The molecular formula is C22H25N7OS. The lowest BCUT2D eigenvalue weighted by molar-refractivity contribution is -0.115. The first-order valence-electron chi connectivity index (χ1n) is 10.8. The maximum Gasteiger partial charge on any atom is 0.231 e. The van der Waals surface area contributed by atoms with E-state index in [4.69, 9.17) is 0 Å². The van der Waals surface area contributed by atoms with Crippen LogP contribution < -0.4 is 10.6 Å². The van der Waals surface area contributed by atoms with Crippen molar-refractivity contribution in [2.75, 3.05) is 10.6 Å². The third kappa shape index (κ3) is 5.41. The van der Waals surface area contributed by atoms with Crippen molar-refractivity contribution < 1.29 is 4.79 Å². The van der Waals surface area contributed by atoms with Crippen molar-refractivity contribution in [3.05, 3.63) is 52.9 Å². The molecule has 31 heavy (non-hydrogen) atoms. The van der Waals surface area contributed by atoms with Crippen molar-refractivity contribution in [2.45, 2.75) is 56.9 Å². The molecule has 3 heterocycles. The van der Waals surface area contributed by atoms with Crippen molar-refractivity contribution >= 4 is 28.2 Å². The molecule has 0 bridgehead atoms. The second-order valence-electron chi connectivity index (χ2n) is 8.40. The van der Waals surface area contributed by atoms with Crippen molar-refractivity contribution in [3.8, 4) is 0 Å². The highest BCUT2D eigenvalue weighted by atomic mass is 32.1. The molecule has 2 fully saturated rings. The van der Waals surface area contributed by atoms with Crippen LogP contribution in [0.25, 0.3) is 0 Å². The predicted octanol–water partition coefficient (Wildman–Crippen LogP) is 3.61. The Kier molecular flexibility index (Phi) is 5.84. The fraction of sp³-hybridized carbons (Fsp3) is 0.455. The molecule has 0 radical (unpaired) electrons. The first kappa shape index (κ1) is 20.0. The first-order valence-corrected chi connectivity index (χ1v) is 11.7. The van der Waals surface area contributed by atoms with Crippen molar-refractivity contribution in [1.29, 1.82) is 0 Å². The molecule has 2 aliphatic rings. The Balaban J connectivity index is 1.10. The number of rotatable bonds is 8. The number of nitrogens with one attached hydrogen (secondary N) is 2. The van der Waals surface area contributed by atoms with Crippen molar-refractivity contribution in [3.63, 3.8) is 0 Å². The standard InChI is InChI=1S/C22H25N7OS/c30-20(13-17-3-1-2-10-23-17)25-19-9-8-18(26-27-19)12-14-4-5-15(11-14)21-28-29-22(31-21)24-16-6-7-16/h1-3,8-10,14-16H,4-7,11-13H2,(H,24,29)(H,25,27,30)/t14-,15+/m1/s1. The number of hydrogen-bond donors (Lipinski definition) is 2. The Morgan fingerprint density at radius 3 is 2.71 bits per heavy atom. The molecule has 9 heteroatoms. The zero-order valence-corrected chi connectivity index (χ0v) is 18.0. The van der Waals surface area contributed by atoms with Gasteiger partial charge < -0.3 is 10.6 Å². The average Bonchev–Trinajstić information content (AvgIpc) is 3.26. The molecule has 1 amide bonds. The molecule has 0 saturated heterocycles. The summed E-state index contributed by atoms with van der Waals surface area (Å²) in [6, 6.07) is 9.92. The zero-order valence-electron chi connectivity index (χ0n) is 17.2. The number of amides is 1. The summed E-state index contributed by atoms with van der Waals surface area (Å²) >= 11 is 1.71. The summed E-state index contributed by atoms with van der Waals surface area (Å²) in [4.78, 5) is 16.3. The van der Waals surface area contributed by atoms with Gasteiger partial charge in [-0.2, -0.15) is 5.10 Å². The van der Waals surface area contributed by atoms with E-state index in [0.717, 1.165) is 40.8 Å². The summed E-state index contributed by atoms with van der Waals surface area (Å²) in [5, 5.41) is 25.6. The van der Waals surface area contributed by atoms with Crippen molar-refractivity contribution in [2.24, 2.45) is 5.92 Å². The maximum atomic E-state index is 12.1. The Hall–Kier alpha value is -2.94. The van der Waals surface area contributed by atoms with Gasteiger partial charge >= 0.3 is 0 Å². The van der Waals surface area contributed by atoms with Gasteiger partial charge in [0.2, 0.25) is 11.0 Å². The largest absolute Gasteiger partial charge is 0.357 e. The van der Waals surface area contributed by atoms with Crippen LogP contribution in [0, 0.1) is 5.92 Å². The molecule has 0 unspecified atom stereocenters. The number of nitrogens with zero attached hydrogens (tertiary/aromatic N) is 5. The van der Waals surface area contributed by atoms with Gasteiger partial charge in [0.1, 0.15) is 5.01 Å². The van der Waals surface area contributed by atoms with E-state index in [0.29, 0.717) is 23.7 Å². The van der Waals surface area contributed by atoms with Crippen LogP contribution in [0.3, 0.4) is 0 Å². The molecule has 2 aliphatic carbocycles. The molecule has 2 N–H and O–H groups in total. The molecular weight excluding hydrogens is 410 g/mol. The summed E-state index contributed by atoms with van der Waals surface area (Å²) < 4.78 is 0. The van der Waals surface area contributed by atoms with E-state index in [2.05, 4.69) is 36.0 Å². The van der Waals surface area contributed by atoms with Gasteiger partial charge in [0, 0.05) is 23.9 Å². The van der Waals surface area contributed by atoms with Gasteiger partial charge in [-0.1, -0.05) is 17.4 Å². The molecule has 3 aromatic rings. The third-order valence-corrected chi connectivity index (χ3v) is 6.81. The van der Waals surface area contributed by atoms with Gasteiger partial charge in [0.15, 0.2) is 5.82 Å². The van der Waals surface area contributed by atoms with Crippen LogP contribution in [0.2, 0.25) is 0 Å². The average molecular weight is 436 g/mol. The topological polar surface area (TPSA) is 106 Å². The van der Waals surface area contributed by atoms with E-state index in [9.17, 15) is 4.79 Å². The number of carbonyl (C=O) groups is 1. The number of pyridine rings is 1. The molecule has 0 spiro atoms. The SMILES string of the molecule is O=C(Cc1ccccn1)Nc1ccc(C[C@@H]2CC[C@H](c3nnc(NC4CC4)s3)C2)nn1. The zero-order chi connectivity index (χ0) is 21.0. The first-order chi connectivity index (χ1) is 15.2.